The minimum Gasteiger partial charge on any atom is -0.493 e. The van der Waals surface area contributed by atoms with Crippen LogP contribution in [0.3, 0.4) is 0 Å². The van der Waals surface area contributed by atoms with Gasteiger partial charge < -0.3 is 14.9 Å². The van der Waals surface area contributed by atoms with E-state index in [-0.39, 0.29) is 11.1 Å². The molecular formula is C39H40O5. The molecule has 0 aliphatic heterocycles. The molecule has 1 atom stereocenters. The molecule has 0 radical (unpaired) electrons. The summed E-state index contributed by atoms with van der Waals surface area (Å²) >= 11 is 0. The first-order valence-electron chi connectivity index (χ1n) is 15.2. The van der Waals surface area contributed by atoms with Gasteiger partial charge in [-0.25, -0.2) is 9.59 Å². The Morgan fingerprint density at radius 1 is 0.682 bits per heavy atom. The molecule has 0 bridgehead atoms. The maximum atomic E-state index is 11.3. The Morgan fingerprint density at radius 2 is 1.30 bits per heavy atom. The van der Waals surface area contributed by atoms with Crippen LogP contribution in [0.15, 0.2) is 115 Å². The van der Waals surface area contributed by atoms with E-state index in [2.05, 4.69) is 48.7 Å². The van der Waals surface area contributed by atoms with Gasteiger partial charge in [-0.2, -0.15) is 0 Å². The SMILES string of the molecule is C=C=C(CCC(CCc1ccccc1OCCCCc1ccccc1)Cc1ccc(C(=O)O)cc1)c1ccc(C(=O)O)cc1. The van der Waals surface area contributed by atoms with E-state index in [1.54, 1.807) is 24.3 Å². The van der Waals surface area contributed by atoms with E-state index >= 15 is 0 Å². The Bertz CT molecular complexity index is 1550. The van der Waals surface area contributed by atoms with Crippen LogP contribution in [0.1, 0.15) is 75.1 Å². The molecule has 1 unspecified atom stereocenters. The van der Waals surface area contributed by atoms with Gasteiger partial charge in [-0.15, -0.1) is 5.73 Å². The second kappa shape index (κ2) is 16.7. The molecule has 4 rings (SSSR count). The summed E-state index contributed by atoms with van der Waals surface area (Å²) in [5.74, 6) is -0.640. The molecular weight excluding hydrogens is 548 g/mol. The Morgan fingerprint density at radius 3 is 1.95 bits per heavy atom. The van der Waals surface area contributed by atoms with Crippen molar-refractivity contribution in [3.8, 4) is 5.75 Å². The number of carbonyl (C=O) groups is 2. The zero-order valence-corrected chi connectivity index (χ0v) is 25.1. The van der Waals surface area contributed by atoms with Crippen molar-refractivity contribution in [2.75, 3.05) is 6.61 Å². The van der Waals surface area contributed by atoms with Crippen molar-refractivity contribution >= 4 is 17.5 Å². The Labute approximate surface area is 260 Å². The van der Waals surface area contributed by atoms with E-state index in [0.29, 0.717) is 12.5 Å². The van der Waals surface area contributed by atoms with E-state index in [4.69, 9.17) is 4.74 Å². The van der Waals surface area contributed by atoms with Gasteiger partial charge in [-0.1, -0.05) is 79.4 Å². The standard InChI is InChI=1S/C39H40O5/c1-2-32(33-23-25-36(26-24-33)39(42)43)19-15-30(28-31-17-21-35(22-18-31)38(40)41)16-20-34-13-6-7-14-37(34)44-27-9-8-12-29-10-4-3-5-11-29/h3-7,10-11,13-14,17-18,21-26,30H,1,8-9,12,15-16,19-20,27-28H2,(H,40,41)(H,42,43). The highest BCUT2D eigenvalue weighted by atomic mass is 16.5. The van der Waals surface area contributed by atoms with Crippen LogP contribution < -0.4 is 4.74 Å². The number of carboxylic acids is 2. The number of carboxylic acid groups (broad SMARTS) is 2. The topological polar surface area (TPSA) is 83.8 Å². The summed E-state index contributed by atoms with van der Waals surface area (Å²) in [5.41, 5.74) is 9.09. The number of para-hydroxylation sites is 1. The van der Waals surface area contributed by atoms with Gasteiger partial charge >= 0.3 is 11.9 Å². The zero-order chi connectivity index (χ0) is 31.1. The van der Waals surface area contributed by atoms with Crippen LogP contribution in [0.5, 0.6) is 5.75 Å². The second-order valence-corrected chi connectivity index (χ2v) is 11.1. The fourth-order valence-electron chi connectivity index (χ4n) is 5.43. The molecule has 0 fully saturated rings. The highest BCUT2D eigenvalue weighted by Crippen LogP contribution is 2.29. The van der Waals surface area contributed by atoms with Crippen LogP contribution in [0.2, 0.25) is 0 Å². The lowest BCUT2D eigenvalue weighted by molar-refractivity contribution is 0.0686. The zero-order valence-electron chi connectivity index (χ0n) is 25.1. The first-order valence-corrected chi connectivity index (χ1v) is 15.2. The van der Waals surface area contributed by atoms with E-state index in [9.17, 15) is 19.8 Å². The summed E-state index contributed by atoms with van der Waals surface area (Å²) in [7, 11) is 0. The third-order valence-corrected chi connectivity index (χ3v) is 7.98. The first-order chi connectivity index (χ1) is 21.4. The van der Waals surface area contributed by atoms with E-state index in [0.717, 1.165) is 73.8 Å². The van der Waals surface area contributed by atoms with Crippen LogP contribution in [0.25, 0.3) is 5.57 Å². The highest BCUT2D eigenvalue weighted by molar-refractivity contribution is 5.88. The molecule has 0 amide bonds. The summed E-state index contributed by atoms with van der Waals surface area (Å²) in [4.78, 5) is 22.6. The van der Waals surface area contributed by atoms with Crippen LogP contribution in [-0.2, 0) is 19.3 Å². The smallest absolute Gasteiger partial charge is 0.335 e. The van der Waals surface area contributed by atoms with Gasteiger partial charge in [0.25, 0.3) is 0 Å². The largest absolute Gasteiger partial charge is 0.493 e. The molecule has 0 spiro atoms. The lowest BCUT2D eigenvalue weighted by atomic mass is 9.86. The summed E-state index contributed by atoms with van der Waals surface area (Å²) in [6.45, 7) is 4.57. The number of benzene rings is 4. The highest BCUT2D eigenvalue weighted by Gasteiger charge is 2.15. The fourth-order valence-corrected chi connectivity index (χ4v) is 5.43. The van der Waals surface area contributed by atoms with Gasteiger partial charge in [0.1, 0.15) is 5.75 Å². The lowest BCUT2D eigenvalue weighted by Gasteiger charge is -2.19. The third-order valence-electron chi connectivity index (χ3n) is 7.98. The summed E-state index contributed by atoms with van der Waals surface area (Å²) in [6.07, 6.45) is 7.33. The number of allylic oxidation sites excluding steroid dienone is 1. The van der Waals surface area contributed by atoms with Crippen LogP contribution >= 0.6 is 0 Å². The number of unbranched alkanes of at least 4 members (excludes halogenated alkanes) is 1. The molecule has 0 aromatic heterocycles. The summed E-state index contributed by atoms with van der Waals surface area (Å²) in [5, 5.41) is 18.6. The molecule has 0 aliphatic rings. The Hall–Kier alpha value is -4.86. The molecule has 226 valence electrons. The first kappa shape index (κ1) is 32.1. The van der Waals surface area contributed by atoms with Gasteiger partial charge in [0.05, 0.1) is 17.7 Å². The van der Waals surface area contributed by atoms with Gasteiger partial charge in [0.2, 0.25) is 0 Å². The van der Waals surface area contributed by atoms with Gasteiger partial charge in [-0.3, -0.25) is 0 Å². The maximum absolute atomic E-state index is 11.3. The van der Waals surface area contributed by atoms with Crippen LogP contribution in [-0.4, -0.2) is 28.8 Å². The average molecular weight is 589 g/mol. The lowest BCUT2D eigenvalue weighted by Crippen LogP contribution is -2.09. The Balaban J connectivity index is 1.39. The molecule has 5 nitrogen and oxygen atoms in total. The van der Waals surface area contributed by atoms with Gasteiger partial charge in [-0.05, 0) is 110 Å². The monoisotopic (exact) mass is 588 g/mol. The van der Waals surface area contributed by atoms with Crippen molar-refractivity contribution < 1.29 is 24.5 Å². The number of hydrogen-bond acceptors (Lipinski definition) is 3. The fraction of sp³-hybridized carbons (Fsp3) is 0.256. The summed E-state index contributed by atoms with van der Waals surface area (Å²) in [6, 6.07) is 32.7. The van der Waals surface area contributed by atoms with Crippen LogP contribution in [0.4, 0.5) is 0 Å². The van der Waals surface area contributed by atoms with E-state index in [1.165, 1.54) is 11.1 Å². The molecule has 44 heavy (non-hydrogen) atoms. The molecule has 0 saturated carbocycles. The van der Waals surface area contributed by atoms with Crippen molar-refractivity contribution in [2.24, 2.45) is 5.92 Å². The quantitative estimate of drug-likeness (QED) is 0.0950. The van der Waals surface area contributed by atoms with Crippen molar-refractivity contribution in [1.29, 1.82) is 0 Å². The van der Waals surface area contributed by atoms with Crippen LogP contribution in [0, 0.1) is 5.92 Å². The van der Waals surface area contributed by atoms with E-state index < -0.39 is 11.9 Å². The molecule has 0 saturated heterocycles. The predicted octanol–water partition coefficient (Wildman–Crippen LogP) is 8.92. The minimum absolute atomic E-state index is 0.247. The molecule has 4 aromatic carbocycles. The molecule has 0 heterocycles. The minimum atomic E-state index is -0.953. The second-order valence-electron chi connectivity index (χ2n) is 11.1. The third kappa shape index (κ3) is 9.86. The molecule has 0 aliphatic carbocycles. The average Bonchev–Trinajstić information content (AvgIpc) is 3.05. The number of rotatable bonds is 17. The molecule has 5 heteroatoms. The maximum Gasteiger partial charge on any atom is 0.335 e. The number of ether oxygens (including phenoxy) is 1. The van der Waals surface area contributed by atoms with Crippen molar-refractivity contribution in [2.45, 2.75) is 51.4 Å². The Kier molecular flexibility index (Phi) is 12.2. The normalized spacial score (nSPS) is 11.4. The molecule has 2 N–H and O–H groups in total. The van der Waals surface area contributed by atoms with Gasteiger partial charge in [0.15, 0.2) is 0 Å². The van der Waals surface area contributed by atoms with Crippen molar-refractivity contribution in [3.63, 3.8) is 0 Å². The van der Waals surface area contributed by atoms with Crippen molar-refractivity contribution in [3.05, 3.63) is 149 Å². The predicted molar refractivity (Wildman–Crippen MR) is 175 cm³/mol. The number of hydrogen-bond donors (Lipinski definition) is 2. The molecule has 4 aromatic rings. The number of aryl methyl sites for hydroxylation is 2. The van der Waals surface area contributed by atoms with Gasteiger partial charge in [0, 0.05) is 5.57 Å². The number of aromatic carboxylic acids is 2. The van der Waals surface area contributed by atoms with Crippen molar-refractivity contribution in [1.82, 2.24) is 0 Å². The summed E-state index contributed by atoms with van der Waals surface area (Å²) < 4.78 is 6.24. The van der Waals surface area contributed by atoms with E-state index in [1.807, 2.05) is 42.5 Å².